The molecule has 3 aromatic rings. The highest BCUT2D eigenvalue weighted by molar-refractivity contribution is 5.88. The molecular formula is C34H45N5O5. The highest BCUT2D eigenvalue weighted by Gasteiger charge is 2.66. The average molecular weight is 604 g/mol. The minimum atomic E-state index is -0.753. The van der Waals surface area contributed by atoms with Crippen LogP contribution in [0.4, 0.5) is 15.3 Å². The van der Waals surface area contributed by atoms with Gasteiger partial charge in [0, 0.05) is 30.5 Å². The van der Waals surface area contributed by atoms with E-state index in [1.807, 2.05) is 4.52 Å². The first-order valence-electron chi connectivity index (χ1n) is 15.5. The van der Waals surface area contributed by atoms with Crippen LogP contribution >= 0.6 is 0 Å². The Bertz CT molecular complexity index is 1550. The number of pyridine rings is 1. The van der Waals surface area contributed by atoms with E-state index in [0.29, 0.717) is 25.3 Å². The summed E-state index contributed by atoms with van der Waals surface area (Å²) in [6, 6.07) is 12.9. The first kappa shape index (κ1) is 30.4. The molecule has 0 unspecified atom stereocenters. The molecule has 10 nitrogen and oxygen atoms in total. The van der Waals surface area contributed by atoms with Crippen LogP contribution in [0.5, 0.6) is 0 Å². The topological polar surface area (TPSA) is 98.5 Å². The Labute approximate surface area is 259 Å². The van der Waals surface area contributed by atoms with E-state index in [1.54, 1.807) is 41.5 Å². The Morgan fingerprint density at radius 3 is 2.27 bits per heavy atom. The van der Waals surface area contributed by atoms with Gasteiger partial charge in [-0.15, -0.1) is 5.10 Å². The quantitative estimate of drug-likeness (QED) is 0.331. The van der Waals surface area contributed by atoms with Gasteiger partial charge in [0.2, 0.25) is 0 Å². The van der Waals surface area contributed by atoms with Crippen molar-refractivity contribution in [3.05, 3.63) is 59.5 Å². The number of aryl methyl sites for hydroxylation is 1. The Balaban J connectivity index is 1.20. The monoisotopic (exact) mass is 603 g/mol. The minimum Gasteiger partial charge on any atom is -0.443 e. The van der Waals surface area contributed by atoms with E-state index >= 15 is 0 Å². The molecule has 2 aromatic heterocycles. The van der Waals surface area contributed by atoms with Gasteiger partial charge in [-0.1, -0.05) is 37.3 Å². The predicted molar refractivity (Wildman–Crippen MR) is 167 cm³/mol. The minimum absolute atomic E-state index is 0.0933. The van der Waals surface area contributed by atoms with E-state index in [4.69, 9.17) is 24.3 Å². The maximum absolute atomic E-state index is 13.1. The molecule has 7 rings (SSSR count). The maximum Gasteiger partial charge on any atom is 0.419 e. The van der Waals surface area contributed by atoms with Crippen LogP contribution in [0.3, 0.4) is 0 Å². The molecule has 10 heteroatoms. The molecule has 1 saturated carbocycles. The van der Waals surface area contributed by atoms with Crippen LogP contribution in [0.15, 0.2) is 42.6 Å². The predicted octanol–water partition coefficient (Wildman–Crippen LogP) is 6.38. The third-order valence-electron chi connectivity index (χ3n) is 9.02. The fraction of sp³-hybridized carbons (Fsp3) is 0.588. The number of amides is 2. The van der Waals surface area contributed by atoms with Crippen LogP contribution in [0.25, 0.3) is 5.65 Å². The zero-order valence-electron chi connectivity index (χ0n) is 27.3. The van der Waals surface area contributed by atoms with Crippen molar-refractivity contribution < 1.29 is 23.8 Å². The lowest BCUT2D eigenvalue weighted by Gasteiger charge is -2.44. The number of aromatic nitrogens is 3. The van der Waals surface area contributed by atoms with Crippen LogP contribution in [-0.4, -0.2) is 69.1 Å². The van der Waals surface area contributed by atoms with E-state index in [0.717, 1.165) is 41.3 Å². The van der Waals surface area contributed by atoms with Crippen LogP contribution < -0.4 is 4.90 Å². The fourth-order valence-electron chi connectivity index (χ4n) is 6.96. The van der Waals surface area contributed by atoms with E-state index < -0.39 is 34.4 Å². The summed E-state index contributed by atoms with van der Waals surface area (Å²) in [5.74, 6) is 0.641. The number of carbonyl (C=O) groups excluding carboxylic acids is 2. The van der Waals surface area contributed by atoms with Gasteiger partial charge in [0.1, 0.15) is 16.8 Å². The molecule has 1 atom stereocenters. The van der Waals surface area contributed by atoms with Gasteiger partial charge in [-0.05, 0) is 84.9 Å². The van der Waals surface area contributed by atoms with Crippen molar-refractivity contribution in [1.82, 2.24) is 19.5 Å². The van der Waals surface area contributed by atoms with Gasteiger partial charge < -0.3 is 19.1 Å². The lowest BCUT2D eigenvalue weighted by atomic mass is 9.62. The number of hydrogen-bond donors (Lipinski definition) is 0. The molecule has 5 heterocycles. The Hall–Kier alpha value is -3.66. The number of benzene rings is 1. The highest BCUT2D eigenvalue weighted by Crippen LogP contribution is 2.62. The molecule has 2 bridgehead atoms. The standard InChI is InChI=1S/C34H45N5O5/c1-23-16-25(37-15-14-32(8,20-37)24-12-10-9-11-13-24)17-39-26(23)35-27(36-39)34-18-33(19-34,22-42-34)21-38(28(40)43-30(2,3)4)29(41)44-31(5,6)7/h9-13,16-17H,14-15,18-22H2,1-8H3/t32-,33?,34?/m0/s1. The number of fused-ring (bicyclic) bond motifs is 2. The van der Waals surface area contributed by atoms with Gasteiger partial charge >= 0.3 is 12.2 Å². The molecular weight excluding hydrogens is 558 g/mol. The van der Waals surface area contributed by atoms with Gasteiger partial charge in [0.15, 0.2) is 11.5 Å². The molecule has 0 spiro atoms. The molecule has 4 aliphatic rings. The molecule has 44 heavy (non-hydrogen) atoms. The number of imide groups is 1. The fourth-order valence-corrected chi connectivity index (χ4v) is 6.96. The van der Waals surface area contributed by atoms with Gasteiger partial charge in [-0.3, -0.25) is 0 Å². The normalized spacial score (nSPS) is 26.5. The number of hydrogen-bond acceptors (Lipinski definition) is 8. The molecule has 1 aromatic carbocycles. The summed E-state index contributed by atoms with van der Waals surface area (Å²) < 4.78 is 19.4. The number of nitrogens with zero attached hydrogens (tertiary/aromatic N) is 5. The molecule has 0 N–H and O–H groups in total. The third-order valence-corrected chi connectivity index (χ3v) is 9.02. The molecule has 2 amide bonds. The third kappa shape index (κ3) is 5.64. The van der Waals surface area contributed by atoms with Crippen LogP contribution in [0.2, 0.25) is 0 Å². The van der Waals surface area contributed by atoms with Crippen molar-refractivity contribution in [3.8, 4) is 0 Å². The number of anilines is 1. The summed E-state index contributed by atoms with van der Waals surface area (Å²) >= 11 is 0. The highest BCUT2D eigenvalue weighted by atomic mass is 16.6. The van der Waals surface area contributed by atoms with E-state index in [2.05, 4.69) is 61.3 Å². The van der Waals surface area contributed by atoms with Crippen LogP contribution in [0.1, 0.15) is 84.7 Å². The molecule has 1 aliphatic carbocycles. The Morgan fingerprint density at radius 2 is 1.66 bits per heavy atom. The van der Waals surface area contributed by atoms with Crippen molar-refractivity contribution in [2.75, 3.05) is 31.1 Å². The number of rotatable bonds is 5. The lowest BCUT2D eigenvalue weighted by molar-refractivity contribution is -0.0421. The number of carbonyl (C=O) groups is 2. The Kier molecular flexibility index (Phi) is 7.03. The summed E-state index contributed by atoms with van der Waals surface area (Å²) in [4.78, 5) is 34.7. The Morgan fingerprint density at radius 1 is 1.02 bits per heavy atom. The van der Waals surface area contributed by atoms with Gasteiger partial charge in [0.25, 0.3) is 0 Å². The zero-order valence-corrected chi connectivity index (χ0v) is 27.3. The largest absolute Gasteiger partial charge is 0.443 e. The van der Waals surface area contributed by atoms with Gasteiger partial charge in [0.05, 0.1) is 18.5 Å². The second-order valence-electron chi connectivity index (χ2n) is 15.4. The van der Waals surface area contributed by atoms with Gasteiger partial charge in [-0.25, -0.2) is 24.0 Å². The lowest BCUT2D eigenvalue weighted by Crippen LogP contribution is -2.53. The summed E-state index contributed by atoms with van der Waals surface area (Å²) in [6.45, 7) is 17.5. The van der Waals surface area contributed by atoms with E-state index in [1.165, 1.54) is 5.56 Å². The first-order valence-corrected chi connectivity index (χ1v) is 15.5. The van der Waals surface area contributed by atoms with Crippen molar-refractivity contribution >= 4 is 23.5 Å². The average Bonchev–Trinajstić information content (AvgIpc) is 3.67. The van der Waals surface area contributed by atoms with Crippen LogP contribution in [-0.2, 0) is 25.2 Å². The second-order valence-corrected chi connectivity index (χ2v) is 15.4. The van der Waals surface area contributed by atoms with Crippen molar-refractivity contribution in [3.63, 3.8) is 0 Å². The molecule has 0 radical (unpaired) electrons. The summed E-state index contributed by atoms with van der Waals surface area (Å²) in [5, 5.41) is 4.93. The first-order chi connectivity index (χ1) is 20.5. The molecule has 3 saturated heterocycles. The van der Waals surface area contributed by atoms with Crippen molar-refractivity contribution in [1.29, 1.82) is 0 Å². The molecule has 4 fully saturated rings. The SMILES string of the molecule is Cc1cc(N2CC[C@](C)(c3ccccc3)C2)cn2nc(C34CC(CN(C(=O)OC(C)(C)C)C(=O)OC(C)(C)C)(CO3)C4)nc12. The number of ether oxygens (including phenoxy) is 3. The second kappa shape index (κ2) is 10.2. The van der Waals surface area contributed by atoms with Crippen LogP contribution in [0, 0.1) is 12.3 Å². The zero-order chi connectivity index (χ0) is 31.7. The maximum atomic E-state index is 13.1. The van der Waals surface area contributed by atoms with Gasteiger partial charge in [-0.2, -0.15) is 0 Å². The van der Waals surface area contributed by atoms with E-state index in [9.17, 15) is 9.59 Å². The van der Waals surface area contributed by atoms with Crippen molar-refractivity contribution in [2.24, 2.45) is 5.41 Å². The van der Waals surface area contributed by atoms with Crippen molar-refractivity contribution in [2.45, 2.75) is 96.9 Å². The molecule has 3 aliphatic heterocycles. The molecule has 236 valence electrons. The smallest absolute Gasteiger partial charge is 0.419 e. The summed E-state index contributed by atoms with van der Waals surface area (Å²) in [5.41, 5.74) is 1.88. The summed E-state index contributed by atoms with van der Waals surface area (Å²) in [7, 11) is 0. The van der Waals surface area contributed by atoms with E-state index in [-0.39, 0.29) is 12.0 Å². The summed E-state index contributed by atoms with van der Waals surface area (Å²) in [6.07, 6.45) is 2.92.